The van der Waals surface area contributed by atoms with E-state index in [1.54, 1.807) is 0 Å². The van der Waals surface area contributed by atoms with Crippen LogP contribution in [-0.4, -0.2) is 76.9 Å². The smallest absolute Gasteiger partial charge is 0.326 e. The largest absolute Gasteiger partial charge is 0.480 e. The van der Waals surface area contributed by atoms with E-state index in [1.807, 2.05) is 6.92 Å². The molecule has 0 bridgehead atoms. The van der Waals surface area contributed by atoms with Crippen molar-refractivity contribution in [3.05, 3.63) is 0 Å². The number of aliphatic hydroxyl groups excluding tert-OH is 1. The number of likely N-dealkylation sites (tertiary alicyclic amines) is 2. The highest BCUT2D eigenvalue weighted by Gasteiger charge is 2.44. The summed E-state index contributed by atoms with van der Waals surface area (Å²) in [5.41, 5.74) is 0. The molecule has 2 rings (SSSR count). The summed E-state index contributed by atoms with van der Waals surface area (Å²) in [5, 5.41) is 18.7. The Morgan fingerprint density at radius 3 is 2.43 bits per heavy atom. The fourth-order valence-electron chi connectivity index (χ4n) is 3.02. The molecular formula is C13H20N2O6. The molecule has 2 N–H and O–H groups in total. The van der Waals surface area contributed by atoms with Gasteiger partial charge in [-0.3, -0.25) is 4.79 Å². The number of aliphatic hydroxyl groups is 1. The average Bonchev–Trinajstić information content (AvgIpc) is 3.00. The van der Waals surface area contributed by atoms with Crippen molar-refractivity contribution in [2.75, 3.05) is 26.7 Å². The number of hydrogen-bond donors (Lipinski definition) is 2. The first kappa shape index (κ1) is 15.6. The molecule has 2 aliphatic rings. The fourth-order valence-corrected chi connectivity index (χ4v) is 3.02. The summed E-state index contributed by atoms with van der Waals surface area (Å²) in [6, 6.07) is -1.46. The van der Waals surface area contributed by atoms with Crippen molar-refractivity contribution in [1.82, 2.24) is 9.80 Å². The molecule has 2 amide bonds. The van der Waals surface area contributed by atoms with Gasteiger partial charge < -0.3 is 24.7 Å². The van der Waals surface area contributed by atoms with Gasteiger partial charge in [0.1, 0.15) is 6.04 Å². The maximum absolute atomic E-state index is 12.4. The van der Waals surface area contributed by atoms with Crippen LogP contribution in [0.25, 0.3) is 0 Å². The number of carbonyl (C=O) groups is 3. The molecule has 0 saturated carbocycles. The van der Waals surface area contributed by atoms with Crippen LogP contribution in [0.5, 0.6) is 0 Å². The van der Waals surface area contributed by atoms with Crippen molar-refractivity contribution in [3.8, 4) is 0 Å². The number of carboxylic acid groups (broad SMARTS) is 1. The van der Waals surface area contributed by atoms with Crippen molar-refractivity contribution in [1.29, 1.82) is 0 Å². The number of hydrogen-bond acceptors (Lipinski definition) is 5. The third kappa shape index (κ3) is 2.94. The van der Waals surface area contributed by atoms with Gasteiger partial charge in [-0.2, -0.15) is 0 Å². The number of nitrogens with zero attached hydrogens (tertiary/aromatic N) is 2. The second-order valence-electron chi connectivity index (χ2n) is 5.69. The Kier molecular flexibility index (Phi) is 4.36. The number of amides is 2. The minimum Gasteiger partial charge on any atom is -0.480 e. The molecule has 2 saturated heterocycles. The van der Waals surface area contributed by atoms with Gasteiger partial charge in [0.15, 0.2) is 0 Å². The summed E-state index contributed by atoms with van der Waals surface area (Å²) in [4.78, 5) is 37.9. The molecular weight excluding hydrogens is 280 g/mol. The Bertz CT molecular complexity index is 454. The lowest BCUT2D eigenvalue weighted by molar-refractivity contribution is -0.146. The number of rotatable bonds is 2. The first-order chi connectivity index (χ1) is 9.85. The van der Waals surface area contributed by atoms with E-state index in [0.717, 1.165) is 0 Å². The number of methoxy groups -OCH3 is 1. The number of carbonyl (C=O) groups excluding carboxylic acids is 2. The standard InChI is InChI=1S/C13H20N2O6/c1-7-4-14(6-9(7)12(19)21-2)13(20)15-5-8(16)3-10(15)11(17)18/h7-10,16H,3-6H2,1-2H3,(H,17,18)/t7?,8-,9?,10-/m0/s1. The lowest BCUT2D eigenvalue weighted by Gasteiger charge is -2.27. The number of aliphatic carboxylic acids is 1. The van der Waals surface area contributed by atoms with E-state index in [9.17, 15) is 19.5 Å². The molecule has 4 atom stereocenters. The Morgan fingerprint density at radius 2 is 1.86 bits per heavy atom. The maximum atomic E-state index is 12.4. The van der Waals surface area contributed by atoms with E-state index in [0.29, 0.717) is 6.54 Å². The molecule has 2 unspecified atom stereocenters. The number of urea groups is 1. The molecule has 2 heterocycles. The molecule has 8 heteroatoms. The molecule has 2 aliphatic heterocycles. The summed E-state index contributed by atoms with van der Waals surface area (Å²) in [6.45, 7) is 2.44. The van der Waals surface area contributed by atoms with E-state index in [4.69, 9.17) is 9.84 Å². The second-order valence-corrected chi connectivity index (χ2v) is 5.69. The topological polar surface area (TPSA) is 107 Å². The molecule has 0 aromatic heterocycles. The minimum atomic E-state index is -1.13. The zero-order valence-corrected chi connectivity index (χ0v) is 12.1. The van der Waals surface area contributed by atoms with Gasteiger partial charge in [0.2, 0.25) is 0 Å². The van der Waals surface area contributed by atoms with Gasteiger partial charge in [0.25, 0.3) is 0 Å². The van der Waals surface area contributed by atoms with Crippen LogP contribution in [-0.2, 0) is 14.3 Å². The van der Waals surface area contributed by atoms with Crippen molar-refractivity contribution >= 4 is 18.0 Å². The second kappa shape index (κ2) is 5.88. The summed E-state index contributed by atoms with van der Waals surface area (Å²) in [7, 11) is 1.30. The number of esters is 1. The molecule has 0 aliphatic carbocycles. The molecule has 0 spiro atoms. The van der Waals surface area contributed by atoms with Gasteiger partial charge in [0, 0.05) is 26.1 Å². The van der Waals surface area contributed by atoms with Crippen molar-refractivity contribution in [2.24, 2.45) is 11.8 Å². The van der Waals surface area contributed by atoms with E-state index >= 15 is 0 Å². The van der Waals surface area contributed by atoms with Gasteiger partial charge in [-0.25, -0.2) is 9.59 Å². The molecule has 0 radical (unpaired) electrons. The SMILES string of the molecule is COC(=O)C1CN(C(=O)N2C[C@@H](O)C[C@H]2C(=O)O)CC1C. The van der Waals surface area contributed by atoms with Gasteiger partial charge in [-0.1, -0.05) is 6.92 Å². The Hall–Kier alpha value is -1.83. The van der Waals surface area contributed by atoms with E-state index < -0.39 is 30.1 Å². The van der Waals surface area contributed by atoms with Crippen LogP contribution >= 0.6 is 0 Å². The summed E-state index contributed by atoms with van der Waals surface area (Å²) in [5.74, 6) is -1.93. The van der Waals surface area contributed by atoms with Crippen LogP contribution in [0.3, 0.4) is 0 Å². The third-order valence-corrected chi connectivity index (χ3v) is 4.20. The van der Waals surface area contributed by atoms with Gasteiger partial charge in [0.05, 0.1) is 19.1 Å². The quantitative estimate of drug-likeness (QED) is 0.657. The van der Waals surface area contributed by atoms with Crippen molar-refractivity contribution < 1.29 is 29.3 Å². The lowest BCUT2D eigenvalue weighted by atomic mass is 9.99. The average molecular weight is 300 g/mol. The monoisotopic (exact) mass is 300 g/mol. The molecule has 2 fully saturated rings. The number of carboxylic acids is 1. The zero-order valence-electron chi connectivity index (χ0n) is 12.1. The lowest BCUT2D eigenvalue weighted by Crippen LogP contribution is -2.47. The molecule has 118 valence electrons. The third-order valence-electron chi connectivity index (χ3n) is 4.20. The Morgan fingerprint density at radius 1 is 1.19 bits per heavy atom. The van der Waals surface area contributed by atoms with E-state index in [2.05, 4.69) is 0 Å². The van der Waals surface area contributed by atoms with E-state index in [-0.39, 0.29) is 31.4 Å². The van der Waals surface area contributed by atoms with Gasteiger partial charge in [-0.15, -0.1) is 0 Å². The summed E-state index contributed by atoms with van der Waals surface area (Å²) >= 11 is 0. The van der Waals surface area contributed by atoms with Gasteiger partial charge in [-0.05, 0) is 5.92 Å². The maximum Gasteiger partial charge on any atom is 0.326 e. The first-order valence-electron chi connectivity index (χ1n) is 6.89. The highest BCUT2D eigenvalue weighted by molar-refractivity contribution is 5.84. The van der Waals surface area contributed by atoms with Crippen LogP contribution in [0.1, 0.15) is 13.3 Å². The fraction of sp³-hybridized carbons (Fsp3) is 0.769. The van der Waals surface area contributed by atoms with Crippen LogP contribution in [0.2, 0.25) is 0 Å². The summed E-state index contributed by atoms with van der Waals surface area (Å²) < 4.78 is 4.71. The minimum absolute atomic E-state index is 0.00354. The number of β-amino-alcohol motifs (C(OH)–C–C–N with tert-alkyl or cyclic N) is 1. The Labute approximate surface area is 122 Å². The van der Waals surface area contributed by atoms with Crippen LogP contribution in [0, 0.1) is 11.8 Å². The Balaban J connectivity index is 2.07. The molecule has 21 heavy (non-hydrogen) atoms. The van der Waals surface area contributed by atoms with Crippen LogP contribution < -0.4 is 0 Å². The van der Waals surface area contributed by atoms with Crippen molar-refractivity contribution in [2.45, 2.75) is 25.5 Å². The normalized spacial score (nSPS) is 32.3. The predicted molar refractivity (Wildman–Crippen MR) is 70.4 cm³/mol. The van der Waals surface area contributed by atoms with Crippen LogP contribution in [0.15, 0.2) is 0 Å². The van der Waals surface area contributed by atoms with Crippen LogP contribution in [0.4, 0.5) is 4.79 Å². The molecule has 8 nitrogen and oxygen atoms in total. The molecule has 0 aromatic carbocycles. The highest BCUT2D eigenvalue weighted by Crippen LogP contribution is 2.27. The predicted octanol–water partition coefficient (Wildman–Crippen LogP) is -0.633. The zero-order chi connectivity index (χ0) is 15.7. The number of ether oxygens (including phenoxy) is 1. The van der Waals surface area contributed by atoms with Gasteiger partial charge >= 0.3 is 18.0 Å². The van der Waals surface area contributed by atoms with E-state index in [1.165, 1.54) is 16.9 Å². The summed E-state index contributed by atoms with van der Waals surface area (Å²) in [6.07, 6.45) is -0.795. The van der Waals surface area contributed by atoms with Crippen molar-refractivity contribution in [3.63, 3.8) is 0 Å². The first-order valence-corrected chi connectivity index (χ1v) is 6.89. The molecule has 0 aromatic rings. The highest BCUT2D eigenvalue weighted by atomic mass is 16.5.